The zero-order chi connectivity index (χ0) is 13.1. The van der Waals surface area contributed by atoms with Gasteiger partial charge in [-0.2, -0.15) is 0 Å². The fourth-order valence-corrected chi connectivity index (χ4v) is 2.99. The lowest BCUT2D eigenvalue weighted by molar-refractivity contribution is 0.650. The van der Waals surface area contributed by atoms with E-state index in [1.807, 2.05) is 18.3 Å². The molecule has 0 saturated heterocycles. The van der Waals surface area contributed by atoms with Crippen molar-refractivity contribution in [3.63, 3.8) is 0 Å². The van der Waals surface area contributed by atoms with E-state index in [2.05, 4.69) is 40.7 Å². The maximum Gasteiger partial charge on any atom is 0.0809 e. The number of hydrogen-bond donors (Lipinski definition) is 1. The number of thiophene rings is 1. The number of aryl methyl sites for hydroxylation is 1. The Hall–Kier alpha value is -1.71. The van der Waals surface area contributed by atoms with Gasteiger partial charge in [-0.05, 0) is 41.5 Å². The van der Waals surface area contributed by atoms with Crippen LogP contribution in [0.2, 0.25) is 0 Å². The molecule has 3 rings (SSSR count). The first kappa shape index (κ1) is 12.3. The third-order valence-electron chi connectivity index (χ3n) is 3.34. The summed E-state index contributed by atoms with van der Waals surface area (Å²) in [6, 6.07) is 14.7. The second-order valence-corrected chi connectivity index (χ2v) is 5.65. The lowest BCUT2D eigenvalue weighted by atomic mass is 10.0. The van der Waals surface area contributed by atoms with E-state index in [1.54, 1.807) is 11.3 Å². The molecule has 1 aromatic carbocycles. The molecule has 0 fully saturated rings. The maximum absolute atomic E-state index is 6.27. The number of nitrogens with zero attached hydrogens (tertiary/aromatic N) is 1. The Balaban J connectivity index is 1.71. The minimum Gasteiger partial charge on any atom is -0.324 e. The second kappa shape index (κ2) is 5.51. The molecule has 2 nitrogen and oxygen atoms in total. The number of pyridine rings is 1. The Morgan fingerprint density at radius 1 is 1.16 bits per heavy atom. The summed E-state index contributed by atoms with van der Waals surface area (Å²) in [6.45, 7) is 0. The van der Waals surface area contributed by atoms with Crippen LogP contribution in [-0.4, -0.2) is 4.98 Å². The molecule has 2 aromatic heterocycles. The fraction of sp³-hybridized carbons (Fsp3) is 0.188. The summed E-state index contributed by atoms with van der Waals surface area (Å²) in [7, 11) is 0. The number of aromatic nitrogens is 1. The molecule has 0 aliphatic heterocycles. The van der Waals surface area contributed by atoms with Gasteiger partial charge in [0.2, 0.25) is 0 Å². The standard InChI is InChI=1S/C16H16N2S/c17-14(7-6-12-4-2-1-3-5-12)13-10-16-15(18-11-13)8-9-19-16/h1-5,8-11,14H,6-7,17H2. The number of fused-ring (bicyclic) bond motifs is 1. The van der Waals surface area contributed by atoms with Crippen LogP contribution in [0.3, 0.4) is 0 Å². The zero-order valence-electron chi connectivity index (χ0n) is 10.6. The molecule has 96 valence electrons. The summed E-state index contributed by atoms with van der Waals surface area (Å²) < 4.78 is 1.22. The van der Waals surface area contributed by atoms with E-state index < -0.39 is 0 Å². The van der Waals surface area contributed by atoms with Crippen LogP contribution >= 0.6 is 11.3 Å². The van der Waals surface area contributed by atoms with Crippen molar-refractivity contribution >= 4 is 21.6 Å². The van der Waals surface area contributed by atoms with Gasteiger partial charge in [-0.1, -0.05) is 30.3 Å². The smallest absolute Gasteiger partial charge is 0.0809 e. The van der Waals surface area contributed by atoms with Gasteiger partial charge in [0.1, 0.15) is 0 Å². The van der Waals surface area contributed by atoms with Crippen LogP contribution in [0.15, 0.2) is 54.0 Å². The Labute approximate surface area is 116 Å². The largest absolute Gasteiger partial charge is 0.324 e. The molecule has 2 N–H and O–H groups in total. The van der Waals surface area contributed by atoms with E-state index >= 15 is 0 Å². The number of benzene rings is 1. The molecule has 3 aromatic rings. The van der Waals surface area contributed by atoms with Crippen LogP contribution in [0.4, 0.5) is 0 Å². The Kier molecular flexibility index (Phi) is 3.58. The number of nitrogens with two attached hydrogens (primary N) is 1. The molecule has 0 spiro atoms. The monoisotopic (exact) mass is 268 g/mol. The lowest BCUT2D eigenvalue weighted by Crippen LogP contribution is -2.11. The molecule has 0 saturated carbocycles. The molecule has 1 atom stereocenters. The third kappa shape index (κ3) is 2.83. The Morgan fingerprint density at radius 2 is 2.00 bits per heavy atom. The van der Waals surface area contributed by atoms with Crippen LogP contribution in [-0.2, 0) is 6.42 Å². The number of hydrogen-bond acceptors (Lipinski definition) is 3. The summed E-state index contributed by atoms with van der Waals surface area (Å²) in [5.41, 5.74) is 9.79. The summed E-state index contributed by atoms with van der Waals surface area (Å²) in [6.07, 6.45) is 3.86. The van der Waals surface area contributed by atoms with Gasteiger partial charge in [0.05, 0.1) is 10.2 Å². The van der Waals surface area contributed by atoms with Crippen molar-refractivity contribution < 1.29 is 0 Å². The van der Waals surface area contributed by atoms with Crippen molar-refractivity contribution in [2.24, 2.45) is 5.73 Å². The van der Waals surface area contributed by atoms with Gasteiger partial charge in [0, 0.05) is 12.2 Å². The number of rotatable bonds is 4. The highest BCUT2D eigenvalue weighted by Crippen LogP contribution is 2.23. The van der Waals surface area contributed by atoms with Crippen molar-refractivity contribution in [1.82, 2.24) is 4.98 Å². The highest BCUT2D eigenvalue weighted by Gasteiger charge is 2.08. The molecular weight excluding hydrogens is 252 g/mol. The first-order chi connectivity index (χ1) is 9.33. The van der Waals surface area contributed by atoms with Gasteiger partial charge in [-0.25, -0.2) is 0 Å². The second-order valence-electron chi connectivity index (χ2n) is 4.70. The molecule has 1 unspecified atom stereocenters. The first-order valence-electron chi connectivity index (χ1n) is 6.45. The molecule has 2 heterocycles. The first-order valence-corrected chi connectivity index (χ1v) is 7.33. The molecule has 0 radical (unpaired) electrons. The van der Waals surface area contributed by atoms with E-state index in [1.165, 1.54) is 10.3 Å². The maximum atomic E-state index is 6.27. The van der Waals surface area contributed by atoms with Gasteiger partial charge in [0.25, 0.3) is 0 Å². The lowest BCUT2D eigenvalue weighted by Gasteiger charge is -2.11. The van der Waals surface area contributed by atoms with Crippen LogP contribution in [0.1, 0.15) is 23.6 Å². The predicted molar refractivity (Wildman–Crippen MR) is 81.3 cm³/mol. The molecule has 0 bridgehead atoms. The minimum absolute atomic E-state index is 0.0548. The van der Waals surface area contributed by atoms with Crippen molar-refractivity contribution in [3.8, 4) is 0 Å². The van der Waals surface area contributed by atoms with E-state index in [4.69, 9.17) is 5.73 Å². The average Bonchev–Trinajstić information content (AvgIpc) is 2.93. The SMILES string of the molecule is NC(CCc1ccccc1)c1cnc2ccsc2c1. The van der Waals surface area contributed by atoms with Crippen molar-refractivity contribution in [3.05, 3.63) is 65.2 Å². The Bertz CT molecular complexity index is 661. The van der Waals surface area contributed by atoms with Crippen molar-refractivity contribution in [2.75, 3.05) is 0 Å². The third-order valence-corrected chi connectivity index (χ3v) is 4.19. The fourth-order valence-electron chi connectivity index (χ4n) is 2.20. The van der Waals surface area contributed by atoms with Gasteiger partial charge < -0.3 is 5.73 Å². The molecule has 0 aliphatic rings. The van der Waals surface area contributed by atoms with Crippen molar-refractivity contribution in [2.45, 2.75) is 18.9 Å². The van der Waals surface area contributed by atoms with E-state index in [0.717, 1.165) is 23.9 Å². The normalized spacial score (nSPS) is 12.7. The molecule has 19 heavy (non-hydrogen) atoms. The highest BCUT2D eigenvalue weighted by atomic mass is 32.1. The average molecular weight is 268 g/mol. The van der Waals surface area contributed by atoms with E-state index in [-0.39, 0.29) is 6.04 Å². The summed E-state index contributed by atoms with van der Waals surface area (Å²) in [5, 5.41) is 2.07. The van der Waals surface area contributed by atoms with Crippen LogP contribution in [0, 0.1) is 0 Å². The summed E-state index contributed by atoms with van der Waals surface area (Å²) in [4.78, 5) is 4.45. The van der Waals surface area contributed by atoms with Crippen LogP contribution in [0.5, 0.6) is 0 Å². The quantitative estimate of drug-likeness (QED) is 0.778. The van der Waals surface area contributed by atoms with Gasteiger partial charge in [-0.15, -0.1) is 11.3 Å². The van der Waals surface area contributed by atoms with E-state index in [0.29, 0.717) is 0 Å². The van der Waals surface area contributed by atoms with Crippen molar-refractivity contribution in [1.29, 1.82) is 0 Å². The molecular formula is C16H16N2S. The minimum atomic E-state index is 0.0548. The van der Waals surface area contributed by atoms with Crippen LogP contribution in [0.25, 0.3) is 10.2 Å². The Morgan fingerprint density at radius 3 is 2.84 bits per heavy atom. The molecule has 3 heteroatoms. The predicted octanol–water partition coefficient (Wildman–Crippen LogP) is 3.93. The highest BCUT2D eigenvalue weighted by molar-refractivity contribution is 7.17. The topological polar surface area (TPSA) is 38.9 Å². The molecule has 0 amide bonds. The summed E-state index contributed by atoms with van der Waals surface area (Å²) in [5.74, 6) is 0. The van der Waals surface area contributed by atoms with Gasteiger partial charge in [-0.3, -0.25) is 4.98 Å². The van der Waals surface area contributed by atoms with Crippen LogP contribution < -0.4 is 5.73 Å². The van der Waals surface area contributed by atoms with Gasteiger partial charge in [0.15, 0.2) is 0 Å². The van der Waals surface area contributed by atoms with Gasteiger partial charge >= 0.3 is 0 Å². The zero-order valence-corrected chi connectivity index (χ0v) is 11.4. The van der Waals surface area contributed by atoms with E-state index in [9.17, 15) is 0 Å². The summed E-state index contributed by atoms with van der Waals surface area (Å²) >= 11 is 1.72. The molecule has 0 aliphatic carbocycles.